The number of fused-ring (bicyclic) bond motifs is 1. The number of benzene rings is 1. The van der Waals surface area contributed by atoms with Gasteiger partial charge in [0.25, 0.3) is 0 Å². The van der Waals surface area contributed by atoms with Gasteiger partial charge in [0, 0.05) is 17.9 Å². The maximum absolute atomic E-state index is 8.48. The Balaban J connectivity index is 2.15. The van der Waals surface area contributed by atoms with Gasteiger partial charge in [0.15, 0.2) is 0 Å². The van der Waals surface area contributed by atoms with Gasteiger partial charge in [-0.15, -0.1) is 0 Å². The third-order valence-electron chi connectivity index (χ3n) is 2.40. The minimum atomic E-state index is 0.427. The van der Waals surface area contributed by atoms with Crippen LogP contribution in [0.2, 0.25) is 0 Å². The normalized spacial score (nSPS) is 18.8. The van der Waals surface area contributed by atoms with Crippen LogP contribution in [0.25, 0.3) is 0 Å². The summed E-state index contributed by atoms with van der Waals surface area (Å²) in [6.07, 6.45) is 1.52. The predicted molar refractivity (Wildman–Crippen MR) is 49.5 cm³/mol. The van der Waals surface area contributed by atoms with Gasteiger partial charge >= 0.3 is 0 Å². The lowest BCUT2D eigenvalue weighted by atomic mass is 9.97. The van der Waals surface area contributed by atoms with Crippen molar-refractivity contribution in [3.05, 3.63) is 29.8 Å². The Hall–Kier alpha value is -1.49. The number of rotatable bonds is 2. The Bertz CT molecular complexity index is 340. The fraction of sp³-hybridized carbons (Fsp3) is 0.364. The minimum Gasteiger partial charge on any atom is -0.493 e. The molecule has 0 aliphatic carbocycles. The lowest BCUT2D eigenvalue weighted by molar-refractivity contribution is 0.326. The molecule has 2 heteroatoms. The van der Waals surface area contributed by atoms with Crippen molar-refractivity contribution in [1.29, 1.82) is 5.26 Å². The van der Waals surface area contributed by atoms with Crippen molar-refractivity contribution >= 4 is 0 Å². The van der Waals surface area contributed by atoms with Gasteiger partial charge in [-0.1, -0.05) is 18.2 Å². The Morgan fingerprint density at radius 3 is 3.15 bits per heavy atom. The quantitative estimate of drug-likeness (QED) is 0.688. The van der Waals surface area contributed by atoms with Gasteiger partial charge in [0.2, 0.25) is 0 Å². The molecule has 2 nitrogen and oxygen atoms in total. The highest BCUT2D eigenvalue weighted by molar-refractivity contribution is 5.39. The van der Waals surface area contributed by atoms with Gasteiger partial charge in [-0.05, 0) is 12.5 Å². The number of ether oxygens (including phenoxy) is 1. The molecule has 2 rings (SSSR count). The third-order valence-corrected chi connectivity index (χ3v) is 2.40. The van der Waals surface area contributed by atoms with Crippen molar-refractivity contribution in [3.8, 4) is 11.8 Å². The van der Waals surface area contributed by atoms with E-state index in [9.17, 15) is 0 Å². The average Bonchev–Trinajstić information content (AvgIpc) is 2.58. The van der Waals surface area contributed by atoms with Gasteiger partial charge in [0.05, 0.1) is 12.7 Å². The zero-order chi connectivity index (χ0) is 9.10. The number of hydrogen-bond donors (Lipinski definition) is 0. The lowest BCUT2D eigenvalue weighted by Gasteiger charge is -2.03. The van der Waals surface area contributed by atoms with E-state index in [1.807, 2.05) is 18.2 Å². The molecule has 66 valence electrons. The van der Waals surface area contributed by atoms with Crippen molar-refractivity contribution in [1.82, 2.24) is 0 Å². The van der Waals surface area contributed by atoms with Gasteiger partial charge in [0.1, 0.15) is 5.75 Å². The molecule has 13 heavy (non-hydrogen) atoms. The number of nitriles is 1. The summed E-state index contributed by atoms with van der Waals surface area (Å²) in [5.41, 5.74) is 1.26. The fourth-order valence-corrected chi connectivity index (χ4v) is 1.71. The molecule has 0 N–H and O–H groups in total. The van der Waals surface area contributed by atoms with Gasteiger partial charge in [-0.25, -0.2) is 0 Å². The molecule has 0 spiro atoms. The molecule has 0 amide bonds. The Morgan fingerprint density at radius 2 is 2.31 bits per heavy atom. The molecule has 1 aliphatic heterocycles. The lowest BCUT2D eigenvalue weighted by Crippen LogP contribution is -1.99. The summed E-state index contributed by atoms with van der Waals surface area (Å²) in [6, 6.07) is 10.2. The van der Waals surface area contributed by atoms with Crippen LogP contribution in [0.15, 0.2) is 24.3 Å². The van der Waals surface area contributed by atoms with E-state index < -0.39 is 0 Å². The molecule has 0 saturated heterocycles. The molecule has 1 aromatic carbocycles. The smallest absolute Gasteiger partial charge is 0.122 e. The van der Waals surface area contributed by atoms with Crippen LogP contribution >= 0.6 is 0 Å². The SMILES string of the molecule is N#CCCC1COc2ccccc21. The average molecular weight is 173 g/mol. The minimum absolute atomic E-state index is 0.427. The van der Waals surface area contributed by atoms with E-state index in [-0.39, 0.29) is 0 Å². The molecule has 0 radical (unpaired) electrons. The summed E-state index contributed by atoms with van der Waals surface area (Å²) < 4.78 is 5.50. The van der Waals surface area contributed by atoms with Crippen LogP contribution in [0, 0.1) is 11.3 Å². The van der Waals surface area contributed by atoms with E-state index in [0.29, 0.717) is 12.3 Å². The van der Waals surface area contributed by atoms with Crippen LogP contribution in [0.5, 0.6) is 5.75 Å². The molecule has 1 aromatic rings. The zero-order valence-corrected chi connectivity index (χ0v) is 7.36. The monoisotopic (exact) mass is 173 g/mol. The van der Waals surface area contributed by atoms with E-state index in [1.54, 1.807) is 0 Å². The topological polar surface area (TPSA) is 33.0 Å². The number of hydrogen-bond acceptors (Lipinski definition) is 2. The summed E-state index contributed by atoms with van der Waals surface area (Å²) in [6.45, 7) is 0.737. The van der Waals surface area contributed by atoms with Crippen LogP contribution in [0.1, 0.15) is 24.3 Å². The van der Waals surface area contributed by atoms with Crippen molar-refractivity contribution in [2.45, 2.75) is 18.8 Å². The zero-order valence-electron chi connectivity index (χ0n) is 7.36. The van der Waals surface area contributed by atoms with E-state index >= 15 is 0 Å². The third kappa shape index (κ3) is 1.50. The van der Waals surface area contributed by atoms with E-state index in [4.69, 9.17) is 10.00 Å². The number of para-hydroxylation sites is 1. The summed E-state index contributed by atoms with van der Waals surface area (Å²) >= 11 is 0. The molecule has 1 unspecified atom stereocenters. The molecular formula is C11H11NO. The first-order valence-electron chi connectivity index (χ1n) is 4.50. The second-order valence-corrected chi connectivity index (χ2v) is 3.24. The van der Waals surface area contributed by atoms with E-state index in [1.165, 1.54) is 5.56 Å². The first kappa shape index (κ1) is 8.12. The van der Waals surface area contributed by atoms with Crippen LogP contribution in [0.3, 0.4) is 0 Å². The summed E-state index contributed by atoms with van der Waals surface area (Å²) in [5, 5.41) is 8.48. The molecule has 0 saturated carbocycles. The Morgan fingerprint density at radius 1 is 1.46 bits per heavy atom. The molecule has 1 heterocycles. The van der Waals surface area contributed by atoms with Crippen molar-refractivity contribution < 1.29 is 4.74 Å². The summed E-state index contributed by atoms with van der Waals surface area (Å²) in [5.74, 6) is 1.42. The highest BCUT2D eigenvalue weighted by Gasteiger charge is 2.22. The molecular weight excluding hydrogens is 162 g/mol. The van der Waals surface area contributed by atoms with Gasteiger partial charge in [-0.3, -0.25) is 0 Å². The predicted octanol–water partition coefficient (Wildman–Crippen LogP) is 2.47. The fourth-order valence-electron chi connectivity index (χ4n) is 1.71. The molecule has 0 fully saturated rings. The van der Waals surface area contributed by atoms with Gasteiger partial charge < -0.3 is 4.74 Å². The van der Waals surface area contributed by atoms with Crippen molar-refractivity contribution in [2.24, 2.45) is 0 Å². The molecule has 1 aliphatic rings. The van der Waals surface area contributed by atoms with Crippen LogP contribution in [-0.4, -0.2) is 6.61 Å². The van der Waals surface area contributed by atoms with E-state index in [0.717, 1.165) is 18.8 Å². The Kier molecular flexibility index (Phi) is 2.18. The maximum Gasteiger partial charge on any atom is 0.122 e. The Labute approximate surface area is 77.8 Å². The van der Waals surface area contributed by atoms with Crippen molar-refractivity contribution in [2.75, 3.05) is 6.61 Å². The molecule has 0 aromatic heterocycles. The molecule has 0 bridgehead atoms. The maximum atomic E-state index is 8.48. The van der Waals surface area contributed by atoms with Gasteiger partial charge in [-0.2, -0.15) is 5.26 Å². The van der Waals surface area contributed by atoms with E-state index in [2.05, 4.69) is 12.1 Å². The molecule has 1 atom stereocenters. The largest absolute Gasteiger partial charge is 0.493 e. The van der Waals surface area contributed by atoms with Crippen molar-refractivity contribution in [3.63, 3.8) is 0 Å². The van der Waals surface area contributed by atoms with Crippen LogP contribution in [0.4, 0.5) is 0 Å². The number of nitrogens with zero attached hydrogens (tertiary/aromatic N) is 1. The first-order chi connectivity index (χ1) is 6.42. The first-order valence-corrected chi connectivity index (χ1v) is 4.50. The summed E-state index contributed by atoms with van der Waals surface area (Å²) in [4.78, 5) is 0. The second kappa shape index (κ2) is 3.49. The van der Waals surface area contributed by atoms with Crippen LogP contribution in [-0.2, 0) is 0 Å². The van der Waals surface area contributed by atoms with Crippen LogP contribution < -0.4 is 4.74 Å². The highest BCUT2D eigenvalue weighted by atomic mass is 16.5. The standard InChI is InChI=1S/C11H11NO/c12-7-3-4-9-8-13-11-6-2-1-5-10(9)11/h1-2,5-6,9H,3-4,8H2. The highest BCUT2D eigenvalue weighted by Crippen LogP contribution is 2.35. The summed E-state index contributed by atoms with van der Waals surface area (Å²) in [7, 11) is 0. The second-order valence-electron chi connectivity index (χ2n) is 3.24.